The van der Waals surface area contributed by atoms with Crippen molar-refractivity contribution in [1.82, 2.24) is 14.6 Å². The number of hydrogen-bond acceptors (Lipinski definition) is 6. The minimum Gasteiger partial charge on any atom is -0.496 e. The number of rotatable bonds is 4. The Morgan fingerprint density at radius 3 is 2.37 bits per heavy atom. The van der Waals surface area contributed by atoms with E-state index < -0.39 is 0 Å². The number of amides is 1. The molecule has 0 atom stereocenters. The molecule has 1 amide bonds. The molecule has 5 aromatic rings. The molecule has 0 bridgehead atoms. The molecule has 6 rings (SSSR count). The molecule has 3 aromatic carbocycles. The van der Waals surface area contributed by atoms with Gasteiger partial charge in [-0.15, -0.1) is 5.10 Å². The van der Waals surface area contributed by atoms with Crippen molar-refractivity contribution in [1.29, 1.82) is 0 Å². The van der Waals surface area contributed by atoms with Gasteiger partial charge in [-0.1, -0.05) is 71.5 Å². The summed E-state index contributed by atoms with van der Waals surface area (Å²) in [5.41, 5.74) is 4.46. The van der Waals surface area contributed by atoms with Crippen molar-refractivity contribution in [2.75, 3.05) is 12.0 Å². The van der Waals surface area contributed by atoms with Gasteiger partial charge in [0.25, 0.3) is 11.5 Å². The van der Waals surface area contributed by atoms with Crippen LogP contribution in [0.2, 0.25) is 0 Å². The lowest BCUT2D eigenvalue weighted by molar-refractivity contribution is -0.113. The van der Waals surface area contributed by atoms with E-state index in [1.165, 1.54) is 15.9 Å². The Balaban J connectivity index is 1.49. The zero-order chi connectivity index (χ0) is 24.1. The molecule has 0 saturated heterocycles. The van der Waals surface area contributed by atoms with Crippen LogP contribution in [0.1, 0.15) is 16.7 Å². The molecule has 3 heterocycles. The normalized spacial score (nSPS) is 14.6. The summed E-state index contributed by atoms with van der Waals surface area (Å²) in [6.45, 7) is 2.45. The van der Waals surface area contributed by atoms with Crippen LogP contribution in [-0.4, -0.2) is 27.6 Å². The summed E-state index contributed by atoms with van der Waals surface area (Å²) in [5.74, 6) is 0.833. The fourth-order valence-corrected chi connectivity index (χ4v) is 5.36. The van der Waals surface area contributed by atoms with Gasteiger partial charge in [-0.3, -0.25) is 9.59 Å². The van der Waals surface area contributed by atoms with Crippen LogP contribution in [0.3, 0.4) is 0 Å². The topological polar surface area (TPSA) is 76.8 Å². The Labute approximate surface area is 204 Å². The van der Waals surface area contributed by atoms with Gasteiger partial charge in [0, 0.05) is 5.56 Å². The van der Waals surface area contributed by atoms with Gasteiger partial charge in [0.15, 0.2) is 5.82 Å². The molecule has 2 aromatic heterocycles. The van der Waals surface area contributed by atoms with Crippen molar-refractivity contribution >= 4 is 33.5 Å². The Bertz CT molecular complexity index is 1720. The second-order valence-electron chi connectivity index (χ2n) is 8.34. The zero-order valence-electron chi connectivity index (χ0n) is 19.1. The van der Waals surface area contributed by atoms with Crippen LogP contribution in [0.4, 0.5) is 5.69 Å². The van der Waals surface area contributed by atoms with Gasteiger partial charge < -0.3 is 9.64 Å². The predicted molar refractivity (Wildman–Crippen MR) is 136 cm³/mol. The number of thiazole rings is 1. The number of aromatic nitrogens is 3. The number of benzene rings is 3. The molecular weight excluding hydrogens is 460 g/mol. The van der Waals surface area contributed by atoms with E-state index in [2.05, 4.69) is 10.1 Å². The third-order valence-corrected chi connectivity index (χ3v) is 7.15. The minimum absolute atomic E-state index is 0.196. The van der Waals surface area contributed by atoms with E-state index in [1.54, 1.807) is 12.0 Å². The van der Waals surface area contributed by atoms with Gasteiger partial charge in [0.05, 0.1) is 30.5 Å². The molecule has 7 nitrogen and oxygen atoms in total. The molecule has 0 unspecified atom stereocenters. The van der Waals surface area contributed by atoms with E-state index in [4.69, 9.17) is 4.74 Å². The van der Waals surface area contributed by atoms with Crippen LogP contribution in [-0.2, 0) is 11.3 Å². The molecule has 35 heavy (non-hydrogen) atoms. The van der Waals surface area contributed by atoms with E-state index in [9.17, 15) is 9.59 Å². The van der Waals surface area contributed by atoms with Crippen molar-refractivity contribution in [3.8, 4) is 17.1 Å². The van der Waals surface area contributed by atoms with Gasteiger partial charge in [-0.25, -0.2) is 0 Å². The maximum atomic E-state index is 13.6. The summed E-state index contributed by atoms with van der Waals surface area (Å²) >= 11 is 1.18. The summed E-state index contributed by atoms with van der Waals surface area (Å²) in [6, 6.07) is 23.1. The van der Waals surface area contributed by atoms with Gasteiger partial charge in [-0.05, 0) is 30.7 Å². The molecule has 1 aliphatic rings. The highest BCUT2D eigenvalue weighted by Gasteiger charge is 2.34. The number of fused-ring (bicyclic) bond motifs is 2. The average Bonchev–Trinajstić information content (AvgIpc) is 3.51. The van der Waals surface area contributed by atoms with Crippen LogP contribution in [0.15, 0.2) is 77.6 Å². The van der Waals surface area contributed by atoms with Gasteiger partial charge in [0.1, 0.15) is 10.3 Å². The quantitative estimate of drug-likeness (QED) is 0.393. The van der Waals surface area contributed by atoms with Gasteiger partial charge in [-0.2, -0.15) is 9.50 Å². The number of carbonyl (C=O) groups is 1. The second kappa shape index (κ2) is 8.18. The van der Waals surface area contributed by atoms with Crippen LogP contribution in [0, 0.1) is 6.92 Å². The molecule has 0 saturated carbocycles. The highest BCUT2D eigenvalue weighted by molar-refractivity contribution is 7.15. The van der Waals surface area contributed by atoms with Crippen molar-refractivity contribution < 1.29 is 9.53 Å². The third-order valence-electron chi connectivity index (χ3n) is 6.12. The highest BCUT2D eigenvalue weighted by atomic mass is 32.1. The van der Waals surface area contributed by atoms with Crippen LogP contribution in [0.25, 0.3) is 21.9 Å². The Morgan fingerprint density at radius 2 is 1.63 bits per heavy atom. The molecule has 0 N–H and O–H groups in total. The lowest BCUT2D eigenvalue weighted by Gasteiger charge is -2.17. The molecular formula is C27H20N4O3S. The second-order valence-corrected chi connectivity index (χ2v) is 9.31. The number of carbonyl (C=O) groups excluding carboxylic acids is 1. The molecule has 0 aliphatic carbocycles. The summed E-state index contributed by atoms with van der Waals surface area (Å²) in [4.78, 5) is 33.8. The van der Waals surface area contributed by atoms with E-state index >= 15 is 0 Å². The molecule has 1 aliphatic heterocycles. The zero-order valence-corrected chi connectivity index (χ0v) is 19.9. The minimum atomic E-state index is -0.353. The number of methoxy groups -OCH3 is 1. The predicted octanol–water partition coefficient (Wildman–Crippen LogP) is 3.60. The van der Waals surface area contributed by atoms with Crippen molar-refractivity contribution in [2.24, 2.45) is 0 Å². The fraction of sp³-hybridized carbons (Fsp3) is 0.111. The van der Waals surface area contributed by atoms with Crippen molar-refractivity contribution in [3.63, 3.8) is 0 Å². The number of para-hydroxylation sites is 2. The van der Waals surface area contributed by atoms with Crippen LogP contribution in [0.5, 0.6) is 5.75 Å². The molecule has 0 fully saturated rings. The maximum absolute atomic E-state index is 13.6. The molecule has 0 radical (unpaired) electrons. The monoisotopic (exact) mass is 480 g/mol. The summed E-state index contributed by atoms with van der Waals surface area (Å²) in [6.07, 6.45) is 0. The third kappa shape index (κ3) is 3.41. The molecule has 0 spiro atoms. The summed E-state index contributed by atoms with van der Waals surface area (Å²) in [5, 5.41) is 4.44. The first-order chi connectivity index (χ1) is 17.0. The fourth-order valence-electron chi connectivity index (χ4n) is 4.36. The summed E-state index contributed by atoms with van der Waals surface area (Å²) < 4.78 is 7.02. The first-order valence-electron chi connectivity index (χ1n) is 11.1. The Morgan fingerprint density at radius 1 is 0.914 bits per heavy atom. The molecule has 172 valence electrons. The Kier molecular flexibility index (Phi) is 4.96. The van der Waals surface area contributed by atoms with Crippen LogP contribution < -0.4 is 19.7 Å². The molecule has 8 heteroatoms. The van der Waals surface area contributed by atoms with E-state index in [1.807, 2.05) is 79.7 Å². The Hall–Kier alpha value is -4.30. The average molecular weight is 481 g/mol. The lowest BCUT2D eigenvalue weighted by Crippen LogP contribution is -2.32. The smallest absolute Gasteiger partial charge is 0.291 e. The maximum Gasteiger partial charge on any atom is 0.291 e. The number of ether oxygens (including phenoxy) is 1. The number of aryl methyl sites for hydroxylation is 1. The van der Waals surface area contributed by atoms with Gasteiger partial charge >= 0.3 is 0 Å². The highest BCUT2D eigenvalue weighted by Crippen LogP contribution is 2.36. The first kappa shape index (κ1) is 21.2. The summed E-state index contributed by atoms with van der Waals surface area (Å²) in [7, 11) is 1.58. The SMILES string of the molecule is COc1ccccc1-c1nc2s/c(=C3\C(=O)N(Cc4ccc(C)cc4)c4ccccc43)c(=O)n2n1. The number of hydrogen-bond donors (Lipinski definition) is 0. The van der Waals surface area contributed by atoms with E-state index in [0.29, 0.717) is 38.7 Å². The largest absolute Gasteiger partial charge is 0.496 e. The van der Waals surface area contributed by atoms with Crippen molar-refractivity contribution in [3.05, 3.63) is 104 Å². The number of anilines is 1. The number of nitrogens with zero attached hydrogens (tertiary/aromatic N) is 4. The van der Waals surface area contributed by atoms with E-state index in [-0.39, 0.29) is 11.5 Å². The van der Waals surface area contributed by atoms with E-state index in [0.717, 1.165) is 22.4 Å². The lowest BCUT2D eigenvalue weighted by atomic mass is 10.1. The first-order valence-corrected chi connectivity index (χ1v) is 11.9. The van der Waals surface area contributed by atoms with Crippen LogP contribution >= 0.6 is 11.3 Å². The van der Waals surface area contributed by atoms with Gasteiger partial charge in [0.2, 0.25) is 4.96 Å². The standard InChI is InChI=1S/C27H20N4O3S/c1-16-11-13-17(14-12-16)15-30-20-9-5-3-7-18(20)22(25(30)32)23-26(33)31-27(35-23)28-24(29-31)19-8-4-6-10-21(19)34-2/h3-14H,15H2,1-2H3/b23-22-. The van der Waals surface area contributed by atoms with Crippen molar-refractivity contribution in [2.45, 2.75) is 13.5 Å².